The third kappa shape index (κ3) is 2.63. The van der Waals surface area contributed by atoms with Crippen molar-refractivity contribution in [1.29, 1.82) is 0 Å². The number of hydrazone groups is 1. The lowest BCUT2D eigenvalue weighted by Gasteiger charge is -2.25. The zero-order valence-electron chi connectivity index (χ0n) is 12.9. The molecule has 7 heteroatoms. The van der Waals surface area contributed by atoms with E-state index in [1.165, 1.54) is 6.42 Å². The number of amides is 2. The van der Waals surface area contributed by atoms with Crippen molar-refractivity contribution in [3.63, 3.8) is 0 Å². The van der Waals surface area contributed by atoms with E-state index in [0.717, 1.165) is 24.1 Å². The number of aryl methyl sites for hydroxylation is 1. The van der Waals surface area contributed by atoms with E-state index in [2.05, 4.69) is 20.9 Å². The molecule has 118 valence electrons. The Kier molecular flexibility index (Phi) is 3.96. The van der Waals surface area contributed by atoms with Crippen LogP contribution in [0, 0.1) is 5.92 Å². The summed E-state index contributed by atoms with van der Waals surface area (Å²) in [6.45, 7) is 2.26. The molecule has 2 heterocycles. The molecule has 0 aromatic carbocycles. The number of carbonyl (C=O) groups excluding carboxylic acids is 2. The predicted octanol–water partition coefficient (Wildman–Crippen LogP) is 0.929. The number of hydrogen-bond acceptors (Lipinski definition) is 4. The minimum atomic E-state index is -0.238. The van der Waals surface area contributed by atoms with Crippen LogP contribution in [0.2, 0.25) is 0 Å². The summed E-state index contributed by atoms with van der Waals surface area (Å²) in [4.78, 5) is 24.0. The number of carbonyl (C=O) groups is 2. The normalized spacial score (nSPS) is 21.3. The Labute approximate surface area is 129 Å². The fourth-order valence-electron chi connectivity index (χ4n) is 2.99. The Bertz CT molecular complexity index is 630. The van der Waals surface area contributed by atoms with Gasteiger partial charge in [0.1, 0.15) is 5.69 Å². The summed E-state index contributed by atoms with van der Waals surface area (Å²) in [7, 11) is 1.79. The van der Waals surface area contributed by atoms with E-state index < -0.39 is 0 Å². The number of rotatable bonds is 5. The van der Waals surface area contributed by atoms with Gasteiger partial charge >= 0.3 is 0 Å². The average molecular weight is 303 g/mol. The van der Waals surface area contributed by atoms with E-state index in [1.807, 2.05) is 6.92 Å². The van der Waals surface area contributed by atoms with E-state index in [1.54, 1.807) is 17.9 Å². The number of aromatic nitrogens is 2. The molecular formula is C15H21N5O2. The Morgan fingerprint density at radius 1 is 1.50 bits per heavy atom. The second kappa shape index (κ2) is 5.90. The molecular weight excluding hydrogens is 282 g/mol. The van der Waals surface area contributed by atoms with Crippen LogP contribution in [0.1, 0.15) is 54.6 Å². The molecule has 0 spiro atoms. The summed E-state index contributed by atoms with van der Waals surface area (Å²) >= 11 is 0. The molecule has 1 saturated carbocycles. The third-order valence-corrected chi connectivity index (χ3v) is 4.61. The Morgan fingerprint density at radius 2 is 2.27 bits per heavy atom. The van der Waals surface area contributed by atoms with Gasteiger partial charge in [0.25, 0.3) is 5.91 Å². The summed E-state index contributed by atoms with van der Waals surface area (Å²) < 4.78 is 1.64. The first-order chi connectivity index (χ1) is 10.6. The maximum atomic E-state index is 12.4. The third-order valence-electron chi connectivity index (χ3n) is 4.61. The van der Waals surface area contributed by atoms with Gasteiger partial charge in [-0.05, 0) is 32.1 Å². The van der Waals surface area contributed by atoms with Crippen LogP contribution in [0.15, 0.2) is 11.3 Å². The Balaban J connectivity index is 1.59. The first-order valence-electron chi connectivity index (χ1n) is 7.72. The molecule has 1 aliphatic heterocycles. The van der Waals surface area contributed by atoms with E-state index >= 15 is 0 Å². The van der Waals surface area contributed by atoms with E-state index in [-0.39, 0.29) is 17.7 Å². The second-order valence-corrected chi connectivity index (χ2v) is 6.03. The van der Waals surface area contributed by atoms with Crippen molar-refractivity contribution in [2.45, 2.75) is 38.5 Å². The average Bonchev–Trinajstić information content (AvgIpc) is 2.94. The van der Waals surface area contributed by atoms with E-state index in [0.29, 0.717) is 24.6 Å². The van der Waals surface area contributed by atoms with E-state index in [9.17, 15) is 9.59 Å². The summed E-state index contributed by atoms with van der Waals surface area (Å²) in [6, 6.07) is 0. The van der Waals surface area contributed by atoms with Gasteiger partial charge < -0.3 is 5.32 Å². The van der Waals surface area contributed by atoms with Crippen LogP contribution in [0.25, 0.3) is 0 Å². The molecule has 3 rings (SSSR count). The molecule has 1 atom stereocenters. The van der Waals surface area contributed by atoms with E-state index in [4.69, 9.17) is 0 Å². The number of hydrogen-bond donors (Lipinski definition) is 2. The molecule has 22 heavy (non-hydrogen) atoms. The SMILES string of the molecule is CC1=NNC(=O)C1CCNC(=O)c1c(C2CCC2)cnn1C. The van der Waals surface area contributed by atoms with Crippen molar-refractivity contribution in [2.75, 3.05) is 6.54 Å². The number of nitrogens with zero attached hydrogens (tertiary/aromatic N) is 3. The number of nitrogens with one attached hydrogen (secondary N) is 2. The lowest BCUT2D eigenvalue weighted by atomic mass is 9.80. The summed E-state index contributed by atoms with van der Waals surface area (Å²) in [6.07, 6.45) is 5.84. The molecule has 0 bridgehead atoms. The molecule has 0 saturated heterocycles. The molecule has 7 nitrogen and oxygen atoms in total. The zero-order valence-corrected chi connectivity index (χ0v) is 12.9. The maximum absolute atomic E-state index is 12.4. The summed E-state index contributed by atoms with van der Waals surface area (Å²) in [5, 5.41) is 11.0. The van der Waals surface area contributed by atoms with Gasteiger partial charge in [-0.2, -0.15) is 10.2 Å². The molecule has 1 aliphatic carbocycles. The van der Waals surface area contributed by atoms with Gasteiger partial charge in [0.2, 0.25) is 5.91 Å². The van der Waals surface area contributed by atoms with Crippen LogP contribution in [0.4, 0.5) is 0 Å². The van der Waals surface area contributed by atoms with Crippen LogP contribution >= 0.6 is 0 Å². The molecule has 0 radical (unpaired) electrons. The first-order valence-corrected chi connectivity index (χ1v) is 7.72. The first kappa shape index (κ1) is 14.7. The second-order valence-electron chi connectivity index (χ2n) is 6.03. The topological polar surface area (TPSA) is 88.4 Å². The lowest BCUT2D eigenvalue weighted by molar-refractivity contribution is -0.122. The van der Waals surface area contributed by atoms with Crippen molar-refractivity contribution in [3.8, 4) is 0 Å². The van der Waals surface area contributed by atoms with Crippen molar-refractivity contribution in [1.82, 2.24) is 20.5 Å². The fraction of sp³-hybridized carbons (Fsp3) is 0.600. The van der Waals surface area contributed by atoms with Crippen molar-refractivity contribution in [2.24, 2.45) is 18.1 Å². The summed E-state index contributed by atoms with van der Waals surface area (Å²) in [5.41, 5.74) is 4.92. The largest absolute Gasteiger partial charge is 0.351 e. The van der Waals surface area contributed by atoms with Gasteiger partial charge in [-0.3, -0.25) is 14.3 Å². The van der Waals surface area contributed by atoms with Crippen molar-refractivity contribution >= 4 is 17.5 Å². The highest BCUT2D eigenvalue weighted by Crippen LogP contribution is 2.37. The van der Waals surface area contributed by atoms with Crippen LogP contribution < -0.4 is 10.7 Å². The monoisotopic (exact) mass is 303 g/mol. The van der Waals surface area contributed by atoms with Gasteiger partial charge in [-0.1, -0.05) is 6.42 Å². The minimum absolute atomic E-state index is 0.0950. The van der Waals surface area contributed by atoms with Crippen molar-refractivity contribution < 1.29 is 9.59 Å². The zero-order chi connectivity index (χ0) is 15.7. The van der Waals surface area contributed by atoms with Gasteiger partial charge in [0, 0.05) is 24.9 Å². The molecule has 1 unspecified atom stereocenters. The predicted molar refractivity (Wildman–Crippen MR) is 81.5 cm³/mol. The Morgan fingerprint density at radius 3 is 2.86 bits per heavy atom. The maximum Gasteiger partial charge on any atom is 0.269 e. The highest BCUT2D eigenvalue weighted by molar-refractivity contribution is 6.06. The van der Waals surface area contributed by atoms with Crippen LogP contribution in [0.3, 0.4) is 0 Å². The molecule has 1 aromatic heterocycles. The minimum Gasteiger partial charge on any atom is -0.351 e. The molecule has 2 aliphatic rings. The van der Waals surface area contributed by atoms with Crippen LogP contribution in [-0.2, 0) is 11.8 Å². The lowest BCUT2D eigenvalue weighted by Crippen LogP contribution is -2.32. The highest BCUT2D eigenvalue weighted by Gasteiger charge is 2.29. The van der Waals surface area contributed by atoms with Gasteiger partial charge in [0.15, 0.2) is 0 Å². The highest BCUT2D eigenvalue weighted by atomic mass is 16.2. The van der Waals surface area contributed by atoms with Crippen LogP contribution in [0.5, 0.6) is 0 Å². The van der Waals surface area contributed by atoms with Gasteiger partial charge in [-0.25, -0.2) is 5.43 Å². The van der Waals surface area contributed by atoms with Crippen molar-refractivity contribution in [3.05, 3.63) is 17.5 Å². The Hall–Kier alpha value is -2.18. The molecule has 1 fully saturated rings. The molecule has 1 aromatic rings. The quantitative estimate of drug-likeness (QED) is 0.848. The standard InChI is InChI=1S/C15H21N5O2/c1-9-11(14(21)19-18-9)6-7-16-15(22)13-12(8-17-20(13)2)10-4-3-5-10/h8,10-11H,3-7H2,1-2H3,(H,16,22)(H,19,21). The van der Waals surface area contributed by atoms with Crippen LogP contribution in [-0.4, -0.2) is 33.9 Å². The fourth-order valence-corrected chi connectivity index (χ4v) is 2.99. The van der Waals surface area contributed by atoms with Gasteiger partial charge in [-0.15, -0.1) is 0 Å². The summed E-state index contributed by atoms with van der Waals surface area (Å²) in [5.74, 6) is 0.0136. The molecule has 2 N–H and O–H groups in total. The smallest absolute Gasteiger partial charge is 0.269 e. The molecule has 2 amide bonds. The van der Waals surface area contributed by atoms with Gasteiger partial charge in [0.05, 0.1) is 12.1 Å².